The second kappa shape index (κ2) is 5.72. The van der Waals surface area contributed by atoms with Crippen molar-refractivity contribution in [2.45, 2.75) is 5.75 Å². The van der Waals surface area contributed by atoms with Crippen molar-refractivity contribution in [2.24, 2.45) is 0 Å². The number of halogens is 2. The minimum Gasteiger partial charge on any atom is -0.231 e. The maximum Gasteiger partial charge on any atom is 0.154 e. The molecule has 0 fully saturated rings. The van der Waals surface area contributed by atoms with Crippen molar-refractivity contribution in [3.8, 4) is 11.3 Å². The number of rotatable bonds is 3. The van der Waals surface area contributed by atoms with E-state index in [1.54, 1.807) is 0 Å². The summed E-state index contributed by atoms with van der Waals surface area (Å²) in [7, 11) is -3.19. The fraction of sp³-hybridized carbons (Fsp3) is 0.167. The van der Waals surface area contributed by atoms with Crippen LogP contribution in [0.2, 0.25) is 5.15 Å². The first kappa shape index (κ1) is 14.7. The zero-order valence-electron chi connectivity index (χ0n) is 9.97. The van der Waals surface area contributed by atoms with Crippen molar-refractivity contribution < 1.29 is 8.42 Å². The largest absolute Gasteiger partial charge is 0.231 e. The molecule has 0 atom stereocenters. The average Bonchev–Trinajstić information content (AvgIpc) is 2.33. The van der Waals surface area contributed by atoms with Gasteiger partial charge in [0, 0.05) is 11.8 Å². The molecule has 1 aromatic carbocycles. The van der Waals surface area contributed by atoms with E-state index in [9.17, 15) is 8.42 Å². The summed E-state index contributed by atoms with van der Waals surface area (Å²) in [6.45, 7) is 0. The third-order valence-corrected chi connectivity index (χ3v) is 4.69. The Hall–Kier alpha value is -0.730. The highest BCUT2D eigenvalue weighted by Gasteiger charge is 2.15. The summed E-state index contributed by atoms with van der Waals surface area (Å²) in [6, 6.07) is 9.46. The van der Waals surface area contributed by atoms with Crippen molar-refractivity contribution in [3.05, 3.63) is 44.9 Å². The van der Waals surface area contributed by atoms with Crippen molar-refractivity contribution in [1.29, 1.82) is 0 Å². The summed E-state index contributed by atoms with van der Waals surface area (Å²) in [5.74, 6) is -0.00418. The van der Waals surface area contributed by atoms with Crippen LogP contribution in [0.25, 0.3) is 11.3 Å². The van der Waals surface area contributed by atoms with Gasteiger partial charge in [0.2, 0.25) is 0 Å². The van der Waals surface area contributed by atoms with Crippen LogP contribution in [-0.4, -0.2) is 24.6 Å². The third kappa shape index (κ3) is 3.87. The van der Waals surface area contributed by atoms with Gasteiger partial charge < -0.3 is 0 Å². The highest BCUT2D eigenvalue weighted by atomic mass is 127. The lowest BCUT2D eigenvalue weighted by atomic mass is 10.1. The SMILES string of the molecule is CS(=O)(=O)Cc1nc(Cl)c(I)c(-c2ccccc2)n1. The number of nitrogens with zero attached hydrogens (tertiary/aromatic N) is 2. The fourth-order valence-electron chi connectivity index (χ4n) is 1.55. The molecule has 19 heavy (non-hydrogen) atoms. The highest BCUT2D eigenvalue weighted by Crippen LogP contribution is 2.27. The van der Waals surface area contributed by atoms with Gasteiger partial charge in [-0.2, -0.15) is 0 Å². The molecular formula is C12H10ClIN2O2S. The van der Waals surface area contributed by atoms with Gasteiger partial charge in [-0.3, -0.25) is 0 Å². The van der Waals surface area contributed by atoms with Crippen molar-refractivity contribution in [2.75, 3.05) is 6.26 Å². The van der Waals surface area contributed by atoms with E-state index in [0.717, 1.165) is 11.8 Å². The van der Waals surface area contributed by atoms with Crippen LogP contribution in [0.4, 0.5) is 0 Å². The number of sulfone groups is 1. The summed E-state index contributed by atoms with van der Waals surface area (Å²) in [5.41, 5.74) is 1.53. The molecule has 0 aliphatic rings. The van der Waals surface area contributed by atoms with Gasteiger partial charge in [-0.15, -0.1) is 0 Å². The molecule has 2 rings (SSSR count). The Morgan fingerprint density at radius 2 is 1.84 bits per heavy atom. The van der Waals surface area contributed by atoms with Gasteiger partial charge in [0.05, 0.1) is 9.26 Å². The van der Waals surface area contributed by atoms with Gasteiger partial charge >= 0.3 is 0 Å². The average molecular weight is 409 g/mol. The molecule has 100 valence electrons. The van der Waals surface area contributed by atoms with Crippen LogP contribution < -0.4 is 0 Å². The van der Waals surface area contributed by atoms with Gasteiger partial charge in [0.25, 0.3) is 0 Å². The number of hydrogen-bond donors (Lipinski definition) is 0. The molecule has 0 aliphatic carbocycles. The van der Waals surface area contributed by atoms with Crippen molar-refractivity contribution in [1.82, 2.24) is 9.97 Å². The summed E-state index contributed by atoms with van der Waals surface area (Å²) in [5, 5.41) is 0.271. The lowest BCUT2D eigenvalue weighted by Gasteiger charge is -2.08. The van der Waals surface area contributed by atoms with Crippen LogP contribution in [0.15, 0.2) is 30.3 Å². The summed E-state index contributed by atoms with van der Waals surface area (Å²) >= 11 is 8.10. The Labute approximate surface area is 130 Å². The standard InChI is InChI=1S/C12H10ClIN2O2S/c1-19(17,18)7-9-15-11(10(14)12(13)16-9)8-5-3-2-4-6-8/h2-6H,7H2,1H3. The smallest absolute Gasteiger partial charge is 0.154 e. The van der Waals surface area contributed by atoms with Crippen molar-refractivity contribution in [3.63, 3.8) is 0 Å². The molecule has 2 aromatic rings. The predicted molar refractivity (Wildman–Crippen MR) is 83.7 cm³/mol. The third-order valence-electron chi connectivity index (χ3n) is 2.30. The monoisotopic (exact) mass is 408 g/mol. The molecular weight excluding hydrogens is 399 g/mol. The normalized spacial score (nSPS) is 11.5. The van der Waals surface area contributed by atoms with E-state index in [2.05, 4.69) is 32.6 Å². The first-order chi connectivity index (χ1) is 8.87. The van der Waals surface area contributed by atoms with Gasteiger partial charge in [0.1, 0.15) is 16.7 Å². The zero-order valence-corrected chi connectivity index (χ0v) is 13.7. The van der Waals surface area contributed by atoms with Crippen LogP contribution in [0.3, 0.4) is 0 Å². The van der Waals surface area contributed by atoms with Crippen LogP contribution in [0.5, 0.6) is 0 Å². The molecule has 0 saturated carbocycles. The van der Waals surface area contributed by atoms with E-state index < -0.39 is 9.84 Å². The molecule has 1 aromatic heterocycles. The number of benzene rings is 1. The lowest BCUT2D eigenvalue weighted by molar-refractivity contribution is 0.599. The zero-order chi connectivity index (χ0) is 14.0. The van der Waals surface area contributed by atoms with E-state index in [1.807, 2.05) is 30.3 Å². The Bertz CT molecular complexity index is 705. The van der Waals surface area contributed by atoms with Gasteiger partial charge in [0.15, 0.2) is 9.84 Å². The van der Waals surface area contributed by atoms with Crippen LogP contribution in [0, 0.1) is 3.57 Å². The Morgan fingerprint density at radius 3 is 2.42 bits per heavy atom. The van der Waals surface area contributed by atoms with Gasteiger partial charge in [-0.05, 0) is 22.6 Å². The molecule has 0 saturated heterocycles. The summed E-state index contributed by atoms with van der Waals surface area (Å²) in [6.07, 6.45) is 1.14. The van der Waals surface area contributed by atoms with E-state index in [-0.39, 0.29) is 16.7 Å². The second-order valence-electron chi connectivity index (χ2n) is 4.03. The molecule has 0 radical (unpaired) electrons. The van der Waals surface area contributed by atoms with E-state index in [1.165, 1.54) is 0 Å². The quantitative estimate of drug-likeness (QED) is 0.579. The number of hydrogen-bond acceptors (Lipinski definition) is 4. The van der Waals surface area contributed by atoms with E-state index >= 15 is 0 Å². The minimum atomic E-state index is -3.19. The van der Waals surface area contributed by atoms with Crippen LogP contribution in [0.1, 0.15) is 5.82 Å². The van der Waals surface area contributed by atoms with Gasteiger partial charge in [-0.1, -0.05) is 41.9 Å². The molecule has 0 unspecified atom stereocenters. The Balaban J connectivity index is 2.55. The molecule has 4 nitrogen and oxygen atoms in total. The van der Waals surface area contributed by atoms with Crippen LogP contribution >= 0.6 is 34.2 Å². The van der Waals surface area contributed by atoms with Gasteiger partial charge in [-0.25, -0.2) is 18.4 Å². The molecule has 0 aliphatic heterocycles. The molecule has 0 amide bonds. The highest BCUT2D eigenvalue weighted by molar-refractivity contribution is 14.1. The summed E-state index contributed by atoms with van der Waals surface area (Å²) in [4.78, 5) is 8.32. The first-order valence-corrected chi connectivity index (χ1v) is 8.83. The predicted octanol–water partition coefficient (Wildman–Crippen LogP) is 2.95. The molecule has 0 spiro atoms. The number of aromatic nitrogens is 2. The first-order valence-electron chi connectivity index (χ1n) is 5.32. The lowest BCUT2D eigenvalue weighted by Crippen LogP contribution is -2.07. The maximum atomic E-state index is 11.3. The minimum absolute atomic E-state index is 0.215. The molecule has 1 heterocycles. The fourth-order valence-corrected chi connectivity index (χ4v) is 2.89. The molecule has 0 N–H and O–H groups in total. The second-order valence-corrected chi connectivity index (χ2v) is 7.61. The topological polar surface area (TPSA) is 59.9 Å². The van der Waals surface area contributed by atoms with E-state index in [4.69, 9.17) is 11.6 Å². The maximum absolute atomic E-state index is 11.3. The Morgan fingerprint density at radius 1 is 1.21 bits per heavy atom. The van der Waals surface area contributed by atoms with E-state index in [0.29, 0.717) is 9.26 Å². The molecule has 7 heteroatoms. The molecule has 0 bridgehead atoms. The van der Waals surface area contributed by atoms with Crippen LogP contribution in [-0.2, 0) is 15.6 Å². The van der Waals surface area contributed by atoms with Crippen molar-refractivity contribution >= 4 is 44.0 Å². The Kier molecular flexibility index (Phi) is 4.42. The summed E-state index contributed by atoms with van der Waals surface area (Å²) < 4.78 is 23.4.